The molecule has 1 aliphatic carbocycles. The van der Waals surface area contributed by atoms with Gasteiger partial charge in [-0.15, -0.1) is 0 Å². The Balaban J connectivity index is 2.53. The first kappa shape index (κ1) is 14.7. The minimum atomic E-state index is -0.370. The van der Waals surface area contributed by atoms with Gasteiger partial charge in [0.25, 0.3) is 0 Å². The topological polar surface area (TPSA) is 29.5 Å². The third-order valence-electron chi connectivity index (χ3n) is 3.85. The van der Waals surface area contributed by atoms with Crippen LogP contribution in [-0.4, -0.2) is 23.9 Å². The molecular formula is C15H28O2. The van der Waals surface area contributed by atoms with Crippen LogP contribution in [0.1, 0.15) is 58.8 Å². The lowest BCUT2D eigenvalue weighted by molar-refractivity contribution is -0.0716. The van der Waals surface area contributed by atoms with Crippen molar-refractivity contribution in [3.63, 3.8) is 0 Å². The Bertz CT molecular complexity index is 219. The summed E-state index contributed by atoms with van der Waals surface area (Å²) in [5.74, 6) is 0.545. The quantitative estimate of drug-likeness (QED) is 0.688. The molecule has 1 saturated carbocycles. The zero-order valence-corrected chi connectivity index (χ0v) is 11.5. The van der Waals surface area contributed by atoms with Gasteiger partial charge in [0.1, 0.15) is 0 Å². The first-order valence-corrected chi connectivity index (χ1v) is 7.15. The van der Waals surface area contributed by atoms with E-state index in [2.05, 4.69) is 13.5 Å². The van der Waals surface area contributed by atoms with Crippen LogP contribution in [0.2, 0.25) is 0 Å². The average Bonchev–Trinajstić information content (AvgIpc) is 2.36. The van der Waals surface area contributed by atoms with Crippen molar-refractivity contribution >= 4 is 0 Å². The minimum Gasteiger partial charge on any atom is -0.390 e. The maximum absolute atomic E-state index is 10.3. The molecule has 0 aromatic heterocycles. The maximum atomic E-state index is 10.3. The molecular weight excluding hydrogens is 212 g/mol. The summed E-state index contributed by atoms with van der Waals surface area (Å²) >= 11 is 0. The van der Waals surface area contributed by atoms with Crippen molar-refractivity contribution in [1.29, 1.82) is 0 Å². The lowest BCUT2D eigenvalue weighted by Gasteiger charge is -2.33. The van der Waals surface area contributed by atoms with Gasteiger partial charge in [0.2, 0.25) is 0 Å². The molecule has 0 aliphatic heterocycles. The Morgan fingerprint density at radius 2 is 1.94 bits per heavy atom. The van der Waals surface area contributed by atoms with E-state index in [0.29, 0.717) is 18.9 Å². The van der Waals surface area contributed by atoms with Crippen LogP contribution in [0.3, 0.4) is 0 Å². The second kappa shape index (κ2) is 7.88. The monoisotopic (exact) mass is 240 g/mol. The molecule has 1 N–H and O–H groups in total. The lowest BCUT2D eigenvalue weighted by atomic mass is 9.82. The summed E-state index contributed by atoms with van der Waals surface area (Å²) in [6.45, 7) is 8.78. The zero-order chi connectivity index (χ0) is 12.7. The molecule has 1 fully saturated rings. The molecule has 1 aliphatic rings. The van der Waals surface area contributed by atoms with Gasteiger partial charge in [0, 0.05) is 6.61 Å². The van der Waals surface area contributed by atoms with Gasteiger partial charge in [-0.2, -0.15) is 0 Å². The molecule has 0 aromatic carbocycles. The number of hydrogen-bond acceptors (Lipinski definition) is 2. The third kappa shape index (κ3) is 4.81. The van der Waals surface area contributed by atoms with E-state index in [4.69, 9.17) is 4.74 Å². The second-order valence-electron chi connectivity index (χ2n) is 5.19. The SMILES string of the molecule is C=C(CC)CC(O)C(OCC)C1CCCCC1. The van der Waals surface area contributed by atoms with Crippen LogP contribution in [0.15, 0.2) is 12.2 Å². The van der Waals surface area contributed by atoms with Crippen molar-refractivity contribution in [2.24, 2.45) is 5.92 Å². The summed E-state index contributed by atoms with van der Waals surface area (Å²) in [5, 5.41) is 10.3. The highest BCUT2D eigenvalue weighted by molar-refractivity contribution is 4.97. The van der Waals surface area contributed by atoms with E-state index in [9.17, 15) is 5.11 Å². The maximum Gasteiger partial charge on any atom is 0.0864 e. The van der Waals surface area contributed by atoms with Crippen molar-refractivity contribution in [3.05, 3.63) is 12.2 Å². The molecule has 0 amide bonds. The summed E-state index contributed by atoms with van der Waals surface area (Å²) in [7, 11) is 0. The molecule has 2 nitrogen and oxygen atoms in total. The largest absolute Gasteiger partial charge is 0.390 e. The van der Waals surface area contributed by atoms with Crippen LogP contribution >= 0.6 is 0 Å². The van der Waals surface area contributed by atoms with Gasteiger partial charge in [-0.25, -0.2) is 0 Å². The van der Waals surface area contributed by atoms with Crippen LogP contribution in [0, 0.1) is 5.92 Å². The van der Waals surface area contributed by atoms with Crippen LogP contribution < -0.4 is 0 Å². The zero-order valence-electron chi connectivity index (χ0n) is 11.5. The van der Waals surface area contributed by atoms with Gasteiger partial charge in [0.05, 0.1) is 12.2 Å². The highest BCUT2D eigenvalue weighted by atomic mass is 16.5. The van der Waals surface area contributed by atoms with Crippen LogP contribution in [-0.2, 0) is 4.74 Å². The number of aliphatic hydroxyl groups excluding tert-OH is 1. The summed E-state index contributed by atoms with van der Waals surface area (Å²) in [5.41, 5.74) is 1.12. The highest BCUT2D eigenvalue weighted by Gasteiger charge is 2.30. The minimum absolute atomic E-state index is 0.0172. The molecule has 0 aromatic rings. The number of rotatable bonds is 7. The molecule has 0 spiro atoms. The third-order valence-corrected chi connectivity index (χ3v) is 3.85. The molecule has 0 saturated heterocycles. The fourth-order valence-corrected chi connectivity index (χ4v) is 2.77. The Morgan fingerprint density at radius 3 is 2.47 bits per heavy atom. The van der Waals surface area contributed by atoms with Gasteiger partial charge in [-0.1, -0.05) is 38.3 Å². The summed E-state index contributed by atoms with van der Waals surface area (Å²) < 4.78 is 5.80. The fourth-order valence-electron chi connectivity index (χ4n) is 2.77. The second-order valence-corrected chi connectivity index (χ2v) is 5.19. The number of aliphatic hydroxyl groups is 1. The summed E-state index contributed by atoms with van der Waals surface area (Å²) in [6, 6.07) is 0. The Morgan fingerprint density at radius 1 is 1.29 bits per heavy atom. The number of ether oxygens (including phenoxy) is 1. The van der Waals surface area contributed by atoms with Crippen molar-refractivity contribution in [2.45, 2.75) is 71.0 Å². The molecule has 1 rings (SSSR count). The normalized spacial score (nSPS) is 21.1. The molecule has 2 heteroatoms. The summed E-state index contributed by atoms with van der Waals surface area (Å²) in [6.07, 6.45) is 7.62. The van der Waals surface area contributed by atoms with E-state index in [1.807, 2.05) is 6.92 Å². The lowest BCUT2D eigenvalue weighted by Crippen LogP contribution is -2.37. The Kier molecular flexibility index (Phi) is 6.83. The molecule has 0 heterocycles. The van der Waals surface area contributed by atoms with Gasteiger partial charge in [0.15, 0.2) is 0 Å². The highest BCUT2D eigenvalue weighted by Crippen LogP contribution is 2.31. The first-order chi connectivity index (χ1) is 8.19. The molecule has 0 radical (unpaired) electrons. The fraction of sp³-hybridized carbons (Fsp3) is 0.867. The average molecular weight is 240 g/mol. The van der Waals surface area contributed by atoms with E-state index < -0.39 is 0 Å². The standard InChI is InChI=1S/C15H28O2/c1-4-12(3)11-14(16)15(17-5-2)13-9-7-6-8-10-13/h13-16H,3-11H2,1-2H3. The molecule has 0 bridgehead atoms. The Labute approximate surface area is 106 Å². The van der Waals surface area contributed by atoms with Crippen molar-refractivity contribution < 1.29 is 9.84 Å². The van der Waals surface area contributed by atoms with Crippen molar-refractivity contribution in [1.82, 2.24) is 0 Å². The molecule has 100 valence electrons. The molecule has 2 atom stereocenters. The predicted molar refractivity (Wildman–Crippen MR) is 72.0 cm³/mol. The van der Waals surface area contributed by atoms with E-state index in [1.54, 1.807) is 0 Å². The summed E-state index contributed by atoms with van der Waals surface area (Å²) in [4.78, 5) is 0. The van der Waals surface area contributed by atoms with Gasteiger partial charge >= 0.3 is 0 Å². The van der Waals surface area contributed by atoms with Crippen LogP contribution in [0.25, 0.3) is 0 Å². The van der Waals surface area contributed by atoms with Gasteiger partial charge in [-0.05, 0) is 38.5 Å². The van der Waals surface area contributed by atoms with Gasteiger partial charge < -0.3 is 9.84 Å². The van der Waals surface area contributed by atoms with Crippen LogP contribution in [0.4, 0.5) is 0 Å². The van der Waals surface area contributed by atoms with Crippen molar-refractivity contribution in [2.75, 3.05) is 6.61 Å². The van der Waals surface area contributed by atoms with E-state index in [-0.39, 0.29) is 12.2 Å². The van der Waals surface area contributed by atoms with E-state index in [1.165, 1.54) is 32.1 Å². The Hall–Kier alpha value is -0.340. The van der Waals surface area contributed by atoms with Gasteiger partial charge in [-0.3, -0.25) is 0 Å². The smallest absolute Gasteiger partial charge is 0.0864 e. The number of hydrogen-bond donors (Lipinski definition) is 1. The van der Waals surface area contributed by atoms with E-state index in [0.717, 1.165) is 12.0 Å². The first-order valence-electron chi connectivity index (χ1n) is 7.15. The van der Waals surface area contributed by atoms with Crippen LogP contribution in [0.5, 0.6) is 0 Å². The molecule has 2 unspecified atom stereocenters. The van der Waals surface area contributed by atoms with Crippen molar-refractivity contribution in [3.8, 4) is 0 Å². The molecule has 17 heavy (non-hydrogen) atoms. The predicted octanol–water partition coefficient (Wildman–Crippen LogP) is 3.69. The van der Waals surface area contributed by atoms with E-state index >= 15 is 0 Å².